The Morgan fingerprint density at radius 3 is 2.93 bits per heavy atom. The minimum absolute atomic E-state index is 0.0286. The van der Waals surface area contributed by atoms with Crippen LogP contribution in [-0.4, -0.2) is 45.4 Å². The third kappa shape index (κ3) is 3.27. The Balaban J connectivity index is 1.57. The number of nitriles is 1. The predicted molar refractivity (Wildman–Crippen MR) is 120 cm³/mol. The predicted octanol–water partition coefficient (Wildman–Crippen LogP) is 4.21. The first-order valence-electron chi connectivity index (χ1n) is 9.41. The van der Waals surface area contributed by atoms with Gasteiger partial charge >= 0.3 is 0 Å². The van der Waals surface area contributed by atoms with Crippen LogP contribution < -0.4 is 5.32 Å². The number of hydrogen-bond donors (Lipinski definition) is 2. The highest BCUT2D eigenvalue weighted by Gasteiger charge is 2.52. The van der Waals surface area contributed by atoms with Crippen molar-refractivity contribution in [1.29, 1.82) is 10.7 Å². The highest BCUT2D eigenvalue weighted by Crippen LogP contribution is 2.46. The normalized spacial score (nSPS) is 31.4. The number of allylic oxidation sites excluding steroid dienone is 1. The molecule has 3 aliphatic heterocycles. The maximum Gasteiger partial charge on any atom is 0.197 e. The van der Waals surface area contributed by atoms with Crippen LogP contribution in [0.5, 0.6) is 0 Å². The molecule has 4 rings (SSSR count). The fourth-order valence-corrected chi connectivity index (χ4v) is 6.35. The molecule has 0 saturated carbocycles. The summed E-state index contributed by atoms with van der Waals surface area (Å²) in [6.07, 6.45) is 0.886. The minimum Gasteiger partial charge on any atom is -0.348 e. The van der Waals surface area contributed by atoms with E-state index in [1.807, 2.05) is 23.1 Å². The third-order valence-corrected chi connectivity index (χ3v) is 8.52. The van der Waals surface area contributed by atoms with Gasteiger partial charge in [0.25, 0.3) is 0 Å². The summed E-state index contributed by atoms with van der Waals surface area (Å²) >= 11 is 5.72. The number of thioether (sulfide) groups is 1. The zero-order valence-electron chi connectivity index (χ0n) is 16.3. The summed E-state index contributed by atoms with van der Waals surface area (Å²) in [6, 6.07) is 10.0. The Morgan fingerprint density at radius 2 is 2.18 bits per heavy atom. The second-order valence-corrected chi connectivity index (χ2v) is 10.7. The molecule has 1 fully saturated rings. The number of nitrogens with one attached hydrogen (secondary N) is 2. The molecule has 3 heterocycles. The smallest absolute Gasteiger partial charge is 0.197 e. The molecule has 0 spiro atoms. The molecule has 0 aliphatic carbocycles. The van der Waals surface area contributed by atoms with Crippen LogP contribution in [-0.2, 0) is 0 Å². The summed E-state index contributed by atoms with van der Waals surface area (Å²) in [5.41, 5.74) is 2.77. The van der Waals surface area contributed by atoms with E-state index >= 15 is 0 Å². The third-order valence-electron chi connectivity index (χ3n) is 5.75. The molecule has 28 heavy (non-hydrogen) atoms. The van der Waals surface area contributed by atoms with Gasteiger partial charge in [0, 0.05) is 23.8 Å². The number of halogens is 1. The van der Waals surface area contributed by atoms with E-state index in [4.69, 9.17) is 10.4 Å². The van der Waals surface area contributed by atoms with E-state index in [1.54, 1.807) is 11.8 Å². The Morgan fingerprint density at radius 1 is 1.39 bits per heavy atom. The van der Waals surface area contributed by atoms with E-state index < -0.39 is 0 Å². The van der Waals surface area contributed by atoms with Gasteiger partial charge in [0.05, 0.1) is 22.0 Å². The van der Waals surface area contributed by atoms with Gasteiger partial charge in [-0.3, -0.25) is 15.3 Å². The van der Waals surface area contributed by atoms with Crippen LogP contribution in [0.4, 0.5) is 0 Å². The molecule has 0 radical (unpaired) electrons. The van der Waals surface area contributed by atoms with Gasteiger partial charge < -0.3 is 5.32 Å². The average molecular weight is 458 g/mol. The molecule has 2 unspecified atom stereocenters. The largest absolute Gasteiger partial charge is 0.348 e. The molecular formula is C21H24BrN5S. The first-order chi connectivity index (χ1) is 13.2. The van der Waals surface area contributed by atoms with Crippen LogP contribution in [0.2, 0.25) is 0 Å². The SMILES string of the molecule is CC1(C)CN=C2C(Br)[C@@](C)(C3CC(c4cccc(C#N)c4)=CS3)NC(=N)N2C1. The summed E-state index contributed by atoms with van der Waals surface area (Å²) in [7, 11) is 0. The second kappa shape index (κ2) is 6.93. The van der Waals surface area contributed by atoms with Gasteiger partial charge in [0.1, 0.15) is 5.84 Å². The molecule has 146 valence electrons. The Kier molecular flexibility index (Phi) is 4.83. The summed E-state index contributed by atoms with van der Waals surface area (Å²) in [5.74, 6) is 1.40. The fourth-order valence-electron chi connectivity index (χ4n) is 4.04. The number of nitrogens with zero attached hydrogens (tertiary/aromatic N) is 3. The Hall–Kier alpha value is -1.78. The first kappa shape index (κ1) is 19.5. The molecule has 1 aromatic rings. The van der Waals surface area contributed by atoms with E-state index in [1.165, 1.54) is 5.57 Å². The van der Waals surface area contributed by atoms with Gasteiger partial charge in [-0.1, -0.05) is 41.9 Å². The van der Waals surface area contributed by atoms with Gasteiger partial charge in [-0.2, -0.15) is 5.26 Å². The average Bonchev–Trinajstić information content (AvgIpc) is 3.17. The van der Waals surface area contributed by atoms with Gasteiger partial charge in [-0.25, -0.2) is 0 Å². The standard InChI is InChI=1S/C21H24BrN5S/c1-20(2)11-25-18-17(22)21(3,26-19(24)27(18)12-20)16-8-15(10-28-16)14-6-4-5-13(7-14)9-23/h4-7,10,16-17H,8,11-12H2,1-3H3,(H2,24,26)/t16?,17?,21-/m1/s1. The lowest BCUT2D eigenvalue weighted by atomic mass is 9.83. The van der Waals surface area contributed by atoms with Crippen molar-refractivity contribution in [3.63, 3.8) is 0 Å². The van der Waals surface area contributed by atoms with Crippen LogP contribution in [0.1, 0.15) is 38.3 Å². The molecule has 3 aliphatic rings. The monoisotopic (exact) mass is 457 g/mol. The highest BCUT2D eigenvalue weighted by molar-refractivity contribution is 9.10. The number of guanidine groups is 1. The van der Waals surface area contributed by atoms with Crippen molar-refractivity contribution >= 4 is 45.1 Å². The molecule has 1 aromatic carbocycles. The number of rotatable bonds is 2. The maximum atomic E-state index is 9.18. The maximum absolute atomic E-state index is 9.18. The lowest BCUT2D eigenvalue weighted by Gasteiger charge is -2.52. The van der Waals surface area contributed by atoms with Crippen LogP contribution in [0.15, 0.2) is 34.7 Å². The van der Waals surface area contributed by atoms with Crippen molar-refractivity contribution in [2.45, 2.75) is 42.8 Å². The van der Waals surface area contributed by atoms with Crippen molar-refractivity contribution in [1.82, 2.24) is 10.2 Å². The van der Waals surface area contributed by atoms with Crippen LogP contribution >= 0.6 is 27.7 Å². The Bertz CT molecular complexity index is 931. The van der Waals surface area contributed by atoms with E-state index in [0.717, 1.165) is 30.9 Å². The summed E-state index contributed by atoms with van der Waals surface area (Å²) in [5, 5.41) is 23.8. The van der Waals surface area contributed by atoms with E-state index in [-0.39, 0.29) is 21.0 Å². The number of alkyl halides is 1. The number of benzene rings is 1. The summed E-state index contributed by atoms with van der Waals surface area (Å²) < 4.78 is 0. The summed E-state index contributed by atoms with van der Waals surface area (Å²) in [4.78, 5) is 6.89. The first-order valence-corrected chi connectivity index (χ1v) is 11.3. The van der Waals surface area contributed by atoms with E-state index in [0.29, 0.717) is 11.5 Å². The number of amidine groups is 1. The van der Waals surface area contributed by atoms with Crippen LogP contribution in [0.25, 0.3) is 5.57 Å². The van der Waals surface area contributed by atoms with Crippen molar-refractivity contribution in [2.75, 3.05) is 13.1 Å². The zero-order valence-corrected chi connectivity index (χ0v) is 18.7. The van der Waals surface area contributed by atoms with E-state index in [9.17, 15) is 5.26 Å². The number of hydrogen-bond acceptors (Lipinski definition) is 4. The quantitative estimate of drug-likeness (QED) is 0.652. The fraction of sp³-hybridized carbons (Fsp3) is 0.476. The molecule has 0 amide bonds. The number of fused-ring (bicyclic) bond motifs is 1. The molecule has 0 bridgehead atoms. The van der Waals surface area contributed by atoms with Gasteiger partial charge in [0.15, 0.2) is 5.96 Å². The van der Waals surface area contributed by atoms with Gasteiger partial charge in [-0.15, -0.1) is 11.8 Å². The topological polar surface area (TPSA) is 75.3 Å². The zero-order chi connectivity index (χ0) is 20.1. The Labute approximate surface area is 178 Å². The molecule has 3 atom stereocenters. The van der Waals surface area contributed by atoms with Crippen molar-refractivity contribution in [3.05, 3.63) is 40.8 Å². The van der Waals surface area contributed by atoms with Gasteiger partial charge in [-0.05, 0) is 42.0 Å². The van der Waals surface area contributed by atoms with Crippen LogP contribution in [0.3, 0.4) is 0 Å². The highest BCUT2D eigenvalue weighted by atomic mass is 79.9. The molecular weight excluding hydrogens is 434 g/mol. The lowest BCUT2D eigenvalue weighted by molar-refractivity contribution is 0.262. The molecule has 1 saturated heterocycles. The van der Waals surface area contributed by atoms with Crippen molar-refractivity contribution in [2.24, 2.45) is 10.4 Å². The lowest BCUT2D eigenvalue weighted by Crippen LogP contribution is -2.72. The van der Waals surface area contributed by atoms with Crippen molar-refractivity contribution in [3.8, 4) is 6.07 Å². The molecule has 5 nitrogen and oxygen atoms in total. The molecule has 2 N–H and O–H groups in total. The summed E-state index contributed by atoms with van der Waals surface area (Å²) in [6.45, 7) is 8.15. The second-order valence-electron chi connectivity index (χ2n) is 8.71. The van der Waals surface area contributed by atoms with Gasteiger partial charge in [0.2, 0.25) is 0 Å². The minimum atomic E-state index is -0.330. The molecule has 0 aromatic heterocycles. The molecule has 7 heteroatoms. The van der Waals surface area contributed by atoms with Crippen LogP contribution in [0, 0.1) is 22.2 Å². The van der Waals surface area contributed by atoms with Crippen molar-refractivity contribution < 1.29 is 0 Å². The number of aliphatic imine (C=N–C) groups is 1. The van der Waals surface area contributed by atoms with E-state index in [2.05, 4.69) is 59.6 Å².